The molecule has 0 saturated carbocycles. The van der Waals surface area contributed by atoms with Crippen LogP contribution in [0.2, 0.25) is 0 Å². The van der Waals surface area contributed by atoms with E-state index in [2.05, 4.69) is 20.4 Å². The highest BCUT2D eigenvalue weighted by molar-refractivity contribution is 5.81. The van der Waals surface area contributed by atoms with Gasteiger partial charge in [0.1, 0.15) is 0 Å². The van der Waals surface area contributed by atoms with Gasteiger partial charge in [0.25, 0.3) is 0 Å². The number of nitrogens with zero attached hydrogens (tertiary/aromatic N) is 2. The van der Waals surface area contributed by atoms with Crippen LogP contribution in [0, 0.1) is 0 Å². The Hall–Kier alpha value is -1.14. The minimum absolute atomic E-state index is 0.0902. The van der Waals surface area contributed by atoms with Gasteiger partial charge in [-0.25, -0.2) is 0 Å². The summed E-state index contributed by atoms with van der Waals surface area (Å²) in [6, 6.07) is -0.0902. The molecule has 1 heterocycles. The Morgan fingerprint density at radius 3 is 2.14 bits per heavy atom. The molecule has 122 valence electrons. The van der Waals surface area contributed by atoms with Crippen molar-refractivity contribution in [2.45, 2.75) is 39.7 Å². The molecule has 0 aromatic rings. The minimum atomic E-state index is -0.0902. The average molecular weight is 298 g/mol. The van der Waals surface area contributed by atoms with E-state index in [4.69, 9.17) is 0 Å². The molecule has 2 amide bonds. The maximum Gasteiger partial charge on any atom is 0.237 e. The molecular weight excluding hydrogens is 268 g/mol. The van der Waals surface area contributed by atoms with Crippen LogP contribution in [-0.4, -0.2) is 73.5 Å². The molecule has 0 radical (unpaired) electrons. The Bertz CT molecular complexity index is 328. The molecule has 1 aliphatic heterocycles. The quantitative estimate of drug-likeness (QED) is 0.664. The Balaban J connectivity index is 2.28. The van der Waals surface area contributed by atoms with Crippen LogP contribution < -0.4 is 10.6 Å². The van der Waals surface area contributed by atoms with Gasteiger partial charge in [0, 0.05) is 39.3 Å². The fourth-order valence-corrected chi connectivity index (χ4v) is 2.39. The lowest BCUT2D eigenvalue weighted by molar-refractivity contribution is -0.127. The second-order valence-electron chi connectivity index (χ2n) is 5.63. The summed E-state index contributed by atoms with van der Waals surface area (Å²) in [5, 5.41) is 5.83. The molecule has 0 aromatic carbocycles. The van der Waals surface area contributed by atoms with Gasteiger partial charge in [-0.15, -0.1) is 0 Å². The van der Waals surface area contributed by atoms with Gasteiger partial charge in [-0.1, -0.05) is 13.8 Å². The molecule has 6 heteroatoms. The van der Waals surface area contributed by atoms with Crippen LogP contribution in [0.5, 0.6) is 0 Å². The van der Waals surface area contributed by atoms with Gasteiger partial charge in [0.2, 0.25) is 11.8 Å². The fourth-order valence-electron chi connectivity index (χ4n) is 2.39. The van der Waals surface area contributed by atoms with Crippen molar-refractivity contribution in [1.82, 2.24) is 20.4 Å². The fraction of sp³-hybridized carbons (Fsp3) is 0.867. The van der Waals surface area contributed by atoms with Crippen LogP contribution in [0.4, 0.5) is 0 Å². The summed E-state index contributed by atoms with van der Waals surface area (Å²) >= 11 is 0. The molecule has 1 unspecified atom stereocenters. The lowest BCUT2D eigenvalue weighted by Gasteiger charge is -2.37. The third-order valence-electron chi connectivity index (χ3n) is 3.82. The van der Waals surface area contributed by atoms with E-state index in [0.717, 1.165) is 52.1 Å². The highest BCUT2D eigenvalue weighted by atomic mass is 16.2. The summed E-state index contributed by atoms with van der Waals surface area (Å²) in [6.07, 6.45) is 1.92. The van der Waals surface area contributed by atoms with Crippen LogP contribution in [-0.2, 0) is 9.59 Å². The van der Waals surface area contributed by atoms with E-state index < -0.39 is 0 Å². The van der Waals surface area contributed by atoms with E-state index in [1.165, 1.54) is 0 Å². The average Bonchev–Trinajstić information content (AvgIpc) is 2.50. The van der Waals surface area contributed by atoms with Crippen LogP contribution in [0.25, 0.3) is 0 Å². The largest absolute Gasteiger partial charge is 0.355 e. The normalized spacial score (nSPS) is 18.2. The van der Waals surface area contributed by atoms with Crippen molar-refractivity contribution in [2.24, 2.45) is 0 Å². The predicted octanol–water partition coefficient (Wildman–Crippen LogP) is 0.0449. The van der Waals surface area contributed by atoms with Crippen LogP contribution in [0.1, 0.15) is 33.6 Å². The van der Waals surface area contributed by atoms with E-state index in [0.29, 0.717) is 6.54 Å². The second kappa shape index (κ2) is 9.73. The first-order chi connectivity index (χ1) is 10.1. The van der Waals surface area contributed by atoms with Gasteiger partial charge in [0.05, 0.1) is 12.6 Å². The van der Waals surface area contributed by atoms with Gasteiger partial charge in [-0.05, 0) is 19.8 Å². The van der Waals surface area contributed by atoms with E-state index in [9.17, 15) is 9.59 Å². The van der Waals surface area contributed by atoms with Crippen molar-refractivity contribution < 1.29 is 9.59 Å². The topological polar surface area (TPSA) is 64.7 Å². The van der Waals surface area contributed by atoms with Crippen LogP contribution in [0.3, 0.4) is 0 Å². The van der Waals surface area contributed by atoms with E-state index >= 15 is 0 Å². The molecule has 0 aliphatic carbocycles. The first-order valence-corrected chi connectivity index (χ1v) is 8.09. The molecule has 1 rings (SSSR count). The van der Waals surface area contributed by atoms with Crippen molar-refractivity contribution >= 4 is 11.8 Å². The Morgan fingerprint density at radius 1 is 1.00 bits per heavy atom. The Kier molecular flexibility index (Phi) is 8.30. The molecule has 1 atom stereocenters. The number of hydrogen-bond acceptors (Lipinski definition) is 4. The molecule has 1 fully saturated rings. The van der Waals surface area contributed by atoms with Crippen molar-refractivity contribution in [2.75, 3.05) is 45.8 Å². The summed E-state index contributed by atoms with van der Waals surface area (Å²) in [4.78, 5) is 28.0. The standard InChI is InChI=1S/C15H30N4O2/c1-4-6-16-14(20)12-18-8-10-19(11-9-18)13(3)15(21)17-7-5-2/h13H,4-12H2,1-3H3,(H,16,20)(H,17,21). The summed E-state index contributed by atoms with van der Waals surface area (Å²) < 4.78 is 0. The van der Waals surface area contributed by atoms with E-state index in [-0.39, 0.29) is 17.9 Å². The monoisotopic (exact) mass is 298 g/mol. The molecular formula is C15H30N4O2. The molecule has 1 aliphatic rings. The SMILES string of the molecule is CCCNC(=O)CN1CCN(C(C)C(=O)NCCC)CC1. The zero-order valence-corrected chi connectivity index (χ0v) is 13.7. The zero-order valence-electron chi connectivity index (χ0n) is 13.7. The summed E-state index contributed by atoms with van der Waals surface area (Å²) in [5.74, 6) is 0.199. The first-order valence-electron chi connectivity index (χ1n) is 8.09. The summed E-state index contributed by atoms with van der Waals surface area (Å²) in [5.41, 5.74) is 0. The number of carbonyl (C=O) groups excluding carboxylic acids is 2. The lowest BCUT2D eigenvalue weighted by atomic mass is 10.2. The van der Waals surface area contributed by atoms with E-state index in [1.54, 1.807) is 0 Å². The van der Waals surface area contributed by atoms with Gasteiger partial charge in [-0.3, -0.25) is 19.4 Å². The summed E-state index contributed by atoms with van der Waals surface area (Å²) in [6.45, 7) is 11.3. The minimum Gasteiger partial charge on any atom is -0.355 e. The summed E-state index contributed by atoms with van der Waals surface area (Å²) in [7, 11) is 0. The number of nitrogens with one attached hydrogen (secondary N) is 2. The van der Waals surface area contributed by atoms with Crippen LogP contribution in [0.15, 0.2) is 0 Å². The Labute approximate surface area is 128 Å². The highest BCUT2D eigenvalue weighted by Gasteiger charge is 2.25. The Morgan fingerprint density at radius 2 is 1.57 bits per heavy atom. The molecule has 1 saturated heterocycles. The van der Waals surface area contributed by atoms with Crippen LogP contribution >= 0.6 is 0 Å². The number of piperazine rings is 1. The smallest absolute Gasteiger partial charge is 0.237 e. The van der Waals surface area contributed by atoms with Gasteiger partial charge in [-0.2, -0.15) is 0 Å². The molecule has 2 N–H and O–H groups in total. The predicted molar refractivity (Wildman–Crippen MR) is 84.1 cm³/mol. The van der Waals surface area contributed by atoms with Crippen molar-refractivity contribution in [3.63, 3.8) is 0 Å². The molecule has 6 nitrogen and oxygen atoms in total. The maximum absolute atomic E-state index is 11.9. The van der Waals surface area contributed by atoms with Crippen molar-refractivity contribution in [1.29, 1.82) is 0 Å². The van der Waals surface area contributed by atoms with Gasteiger partial charge in [0.15, 0.2) is 0 Å². The number of hydrogen-bond donors (Lipinski definition) is 2. The second-order valence-corrected chi connectivity index (χ2v) is 5.63. The molecule has 0 aromatic heterocycles. The number of rotatable bonds is 8. The maximum atomic E-state index is 11.9. The molecule has 0 spiro atoms. The first kappa shape index (κ1) is 17.9. The number of carbonyl (C=O) groups is 2. The highest BCUT2D eigenvalue weighted by Crippen LogP contribution is 2.06. The number of amides is 2. The third-order valence-corrected chi connectivity index (χ3v) is 3.82. The van der Waals surface area contributed by atoms with Gasteiger partial charge >= 0.3 is 0 Å². The molecule has 0 bridgehead atoms. The lowest BCUT2D eigenvalue weighted by Crippen LogP contribution is -2.55. The molecule has 21 heavy (non-hydrogen) atoms. The van der Waals surface area contributed by atoms with E-state index in [1.807, 2.05) is 20.8 Å². The van der Waals surface area contributed by atoms with Crippen molar-refractivity contribution in [3.05, 3.63) is 0 Å². The zero-order chi connectivity index (χ0) is 15.7. The van der Waals surface area contributed by atoms with Crippen molar-refractivity contribution in [3.8, 4) is 0 Å². The van der Waals surface area contributed by atoms with Gasteiger partial charge < -0.3 is 10.6 Å². The third kappa shape index (κ3) is 6.44.